The molecule has 6 nitrogen and oxygen atoms in total. The second-order valence-electron chi connectivity index (χ2n) is 6.64. The summed E-state index contributed by atoms with van der Waals surface area (Å²) >= 11 is 1.70. The Hall–Kier alpha value is -1.63. The number of likely N-dealkylation sites (tertiary alicyclic amines) is 1. The van der Waals surface area contributed by atoms with E-state index in [0.29, 0.717) is 5.91 Å². The molecule has 0 unspecified atom stereocenters. The van der Waals surface area contributed by atoms with Gasteiger partial charge in [0.2, 0.25) is 5.91 Å². The van der Waals surface area contributed by atoms with Gasteiger partial charge >= 0.3 is 0 Å². The second kappa shape index (κ2) is 4.68. The summed E-state index contributed by atoms with van der Waals surface area (Å²) in [5.74, 6) is 0.320. The van der Waals surface area contributed by atoms with Gasteiger partial charge in [-0.25, -0.2) is 9.67 Å². The molecule has 0 aromatic carbocycles. The molecule has 2 aliphatic heterocycles. The Balaban J connectivity index is 1.64. The topological polar surface area (TPSA) is 54.3 Å². The predicted molar refractivity (Wildman–Crippen MR) is 87.3 cm³/mol. The largest absolute Gasteiger partial charge is 0.347 e. The number of thiazole rings is 1. The number of nitrogens with zero attached hydrogens (tertiary/aromatic N) is 5. The van der Waals surface area contributed by atoms with E-state index in [9.17, 15) is 4.79 Å². The molecule has 1 amide bonds. The minimum absolute atomic E-state index is 0.182. The number of fused-ring (bicyclic) bond motifs is 1. The summed E-state index contributed by atoms with van der Waals surface area (Å²) in [6, 6.07) is 0. The number of carbonyl (C=O) groups excluding carboxylic acids is 1. The van der Waals surface area contributed by atoms with Gasteiger partial charge in [0, 0.05) is 33.7 Å². The van der Waals surface area contributed by atoms with Gasteiger partial charge in [0.05, 0.1) is 15.8 Å². The first-order valence-corrected chi connectivity index (χ1v) is 8.62. The fraction of sp³-hybridized carbons (Fsp3) is 0.667. The van der Waals surface area contributed by atoms with Crippen molar-refractivity contribution in [1.82, 2.24) is 19.7 Å². The van der Waals surface area contributed by atoms with Crippen molar-refractivity contribution in [2.75, 3.05) is 31.6 Å². The van der Waals surface area contributed by atoms with Crippen LogP contribution in [0.2, 0.25) is 0 Å². The zero-order chi connectivity index (χ0) is 15.5. The number of anilines is 1. The Morgan fingerprint density at radius 3 is 2.82 bits per heavy atom. The van der Waals surface area contributed by atoms with Gasteiger partial charge in [-0.2, -0.15) is 5.10 Å². The lowest BCUT2D eigenvalue weighted by atomic mass is 9.78. The van der Waals surface area contributed by atoms with E-state index in [1.165, 1.54) is 0 Å². The van der Waals surface area contributed by atoms with Crippen LogP contribution in [0.25, 0.3) is 10.3 Å². The van der Waals surface area contributed by atoms with Crippen LogP contribution in [-0.2, 0) is 11.8 Å². The van der Waals surface area contributed by atoms with Gasteiger partial charge in [-0.15, -0.1) is 0 Å². The molecule has 2 aromatic rings. The maximum Gasteiger partial charge on any atom is 0.230 e. The van der Waals surface area contributed by atoms with Gasteiger partial charge in [-0.1, -0.05) is 11.3 Å². The SMILES string of the molecule is Cc1nn(C)c2nc(N3CC[C@]4(CCCN(C)C4=O)C3)sc12. The molecular formula is C15H21N5OS. The van der Waals surface area contributed by atoms with Gasteiger partial charge in [0.25, 0.3) is 0 Å². The lowest BCUT2D eigenvalue weighted by Gasteiger charge is -2.37. The van der Waals surface area contributed by atoms with E-state index in [1.807, 2.05) is 30.6 Å². The zero-order valence-corrected chi connectivity index (χ0v) is 14.1. The van der Waals surface area contributed by atoms with E-state index in [2.05, 4.69) is 10.00 Å². The number of hydrogen-bond acceptors (Lipinski definition) is 5. The molecule has 2 aliphatic rings. The molecule has 7 heteroatoms. The molecule has 0 radical (unpaired) electrons. The Morgan fingerprint density at radius 1 is 1.23 bits per heavy atom. The fourth-order valence-electron chi connectivity index (χ4n) is 3.89. The maximum atomic E-state index is 12.6. The Morgan fingerprint density at radius 2 is 2.05 bits per heavy atom. The van der Waals surface area contributed by atoms with Crippen LogP contribution in [-0.4, -0.2) is 52.3 Å². The lowest BCUT2D eigenvalue weighted by Crippen LogP contribution is -2.48. The van der Waals surface area contributed by atoms with E-state index in [4.69, 9.17) is 4.98 Å². The van der Waals surface area contributed by atoms with Crippen LogP contribution in [0.5, 0.6) is 0 Å². The molecule has 0 saturated carbocycles. The Kier molecular flexibility index (Phi) is 2.98. The number of carbonyl (C=O) groups is 1. The molecule has 2 saturated heterocycles. The van der Waals surface area contributed by atoms with E-state index in [-0.39, 0.29) is 5.41 Å². The smallest absolute Gasteiger partial charge is 0.230 e. The molecule has 2 fully saturated rings. The van der Waals surface area contributed by atoms with Crippen molar-refractivity contribution in [3.05, 3.63) is 5.69 Å². The molecule has 0 aliphatic carbocycles. The maximum absolute atomic E-state index is 12.6. The van der Waals surface area contributed by atoms with Gasteiger partial charge in [-0.05, 0) is 26.2 Å². The molecule has 22 heavy (non-hydrogen) atoms. The average Bonchev–Trinajstić information content (AvgIpc) is 3.14. The van der Waals surface area contributed by atoms with Crippen LogP contribution in [0, 0.1) is 12.3 Å². The molecule has 0 N–H and O–H groups in total. The number of amides is 1. The molecule has 0 bridgehead atoms. The molecule has 1 atom stereocenters. The highest BCUT2D eigenvalue weighted by Crippen LogP contribution is 2.43. The summed E-state index contributed by atoms with van der Waals surface area (Å²) in [5.41, 5.74) is 1.80. The van der Waals surface area contributed by atoms with Gasteiger partial charge in [-0.3, -0.25) is 4.79 Å². The highest BCUT2D eigenvalue weighted by Gasteiger charge is 2.48. The highest BCUT2D eigenvalue weighted by atomic mass is 32.1. The third-order valence-corrected chi connectivity index (χ3v) is 6.32. The van der Waals surface area contributed by atoms with Crippen LogP contribution in [0.3, 0.4) is 0 Å². The van der Waals surface area contributed by atoms with Crippen LogP contribution in [0.15, 0.2) is 0 Å². The summed E-state index contributed by atoms with van der Waals surface area (Å²) in [4.78, 5) is 21.6. The number of aromatic nitrogens is 3. The average molecular weight is 319 g/mol. The summed E-state index contributed by atoms with van der Waals surface area (Å²) < 4.78 is 3.00. The normalized spacial score (nSPS) is 25.9. The second-order valence-corrected chi connectivity index (χ2v) is 7.62. The van der Waals surface area contributed by atoms with Crippen molar-refractivity contribution in [3.63, 3.8) is 0 Å². The number of rotatable bonds is 1. The molecule has 1 spiro atoms. The summed E-state index contributed by atoms with van der Waals surface area (Å²) in [6.07, 6.45) is 3.07. The molecule has 2 aromatic heterocycles. The van der Waals surface area contributed by atoms with Crippen molar-refractivity contribution >= 4 is 32.7 Å². The summed E-state index contributed by atoms with van der Waals surface area (Å²) in [5, 5.41) is 5.44. The Bertz CT molecular complexity index is 716. The first-order chi connectivity index (χ1) is 10.5. The highest BCUT2D eigenvalue weighted by molar-refractivity contribution is 7.22. The molecular weight excluding hydrogens is 298 g/mol. The zero-order valence-electron chi connectivity index (χ0n) is 13.3. The van der Waals surface area contributed by atoms with Gasteiger partial charge < -0.3 is 9.80 Å². The lowest BCUT2D eigenvalue weighted by molar-refractivity contribution is -0.143. The fourth-order valence-corrected chi connectivity index (χ4v) is 4.95. The third kappa shape index (κ3) is 1.87. The quantitative estimate of drug-likeness (QED) is 0.804. The van der Waals surface area contributed by atoms with E-state index in [1.54, 1.807) is 11.3 Å². The molecule has 4 rings (SSSR count). The van der Waals surface area contributed by atoms with Gasteiger partial charge in [0.1, 0.15) is 0 Å². The van der Waals surface area contributed by atoms with Crippen LogP contribution in [0.4, 0.5) is 5.13 Å². The van der Waals surface area contributed by atoms with Crippen molar-refractivity contribution in [2.45, 2.75) is 26.2 Å². The van der Waals surface area contributed by atoms with E-state index in [0.717, 1.165) is 60.1 Å². The van der Waals surface area contributed by atoms with Crippen LogP contribution >= 0.6 is 11.3 Å². The van der Waals surface area contributed by atoms with E-state index >= 15 is 0 Å². The molecule has 4 heterocycles. The summed E-state index contributed by atoms with van der Waals surface area (Å²) in [7, 11) is 3.86. The minimum atomic E-state index is -0.182. The number of piperidine rings is 1. The predicted octanol–water partition coefficient (Wildman–Crippen LogP) is 1.79. The third-order valence-electron chi connectivity index (χ3n) is 5.11. The van der Waals surface area contributed by atoms with Crippen LogP contribution in [0.1, 0.15) is 25.0 Å². The van der Waals surface area contributed by atoms with Crippen molar-refractivity contribution in [1.29, 1.82) is 0 Å². The summed E-state index contributed by atoms with van der Waals surface area (Å²) in [6.45, 7) is 4.65. The van der Waals surface area contributed by atoms with Crippen LogP contribution < -0.4 is 4.90 Å². The minimum Gasteiger partial charge on any atom is -0.347 e. The monoisotopic (exact) mass is 319 g/mol. The first kappa shape index (κ1) is 14.0. The van der Waals surface area contributed by atoms with Crippen molar-refractivity contribution < 1.29 is 4.79 Å². The van der Waals surface area contributed by atoms with E-state index < -0.39 is 0 Å². The van der Waals surface area contributed by atoms with Crippen molar-refractivity contribution in [3.8, 4) is 0 Å². The Labute approximate surface area is 133 Å². The molecule has 118 valence electrons. The first-order valence-electron chi connectivity index (χ1n) is 7.81. The van der Waals surface area contributed by atoms with Gasteiger partial charge in [0.15, 0.2) is 10.8 Å². The number of aryl methyl sites for hydroxylation is 2. The van der Waals surface area contributed by atoms with Crippen molar-refractivity contribution in [2.24, 2.45) is 12.5 Å². The number of hydrogen-bond donors (Lipinski definition) is 0. The standard InChI is InChI=1S/C15H21N5OS/c1-10-11-12(19(3)17-10)16-14(22-11)20-8-6-15(9-20)5-4-7-18(2)13(15)21/h4-9H2,1-3H3/t15-/m1/s1.